The van der Waals surface area contributed by atoms with Gasteiger partial charge in [0.1, 0.15) is 5.82 Å². The van der Waals surface area contributed by atoms with Crippen LogP contribution < -0.4 is 10.2 Å². The van der Waals surface area contributed by atoms with E-state index in [4.69, 9.17) is 4.74 Å². The Balaban J connectivity index is 0.00000312. The lowest BCUT2D eigenvalue weighted by Crippen LogP contribution is -2.46. The van der Waals surface area contributed by atoms with Crippen molar-refractivity contribution in [3.8, 4) is 0 Å². The number of hydrogen-bond donors (Lipinski definition) is 1. The maximum Gasteiger partial charge on any atom is 0.193 e. The first-order valence-electron chi connectivity index (χ1n) is 8.58. The fourth-order valence-electron chi connectivity index (χ4n) is 3.01. The Hall–Kier alpha value is -1.09. The number of halogens is 2. The van der Waals surface area contributed by atoms with Gasteiger partial charge in [-0.15, -0.1) is 24.0 Å². The second kappa shape index (κ2) is 10.8. The van der Waals surface area contributed by atoms with E-state index in [1.54, 1.807) is 18.0 Å². The van der Waals surface area contributed by atoms with Gasteiger partial charge in [0.05, 0.1) is 11.8 Å². The van der Waals surface area contributed by atoms with Crippen LogP contribution in [0.5, 0.6) is 0 Å². The van der Waals surface area contributed by atoms with Crippen molar-refractivity contribution in [2.75, 3.05) is 45.7 Å². The molecule has 1 saturated heterocycles. The summed E-state index contributed by atoms with van der Waals surface area (Å²) in [5, 5.41) is 3.33. The van der Waals surface area contributed by atoms with Gasteiger partial charge >= 0.3 is 0 Å². The maximum absolute atomic E-state index is 14.1. The van der Waals surface area contributed by atoms with E-state index in [1.807, 2.05) is 33.2 Å². The number of guanidine groups is 1. The number of ether oxygens (including phenoxy) is 1. The number of likely N-dealkylation sites (tertiary alicyclic amines) is 1. The van der Waals surface area contributed by atoms with Gasteiger partial charge in [0.15, 0.2) is 5.96 Å². The van der Waals surface area contributed by atoms with Crippen LogP contribution in [0.2, 0.25) is 0 Å². The molecule has 1 aromatic carbocycles. The van der Waals surface area contributed by atoms with Crippen LogP contribution in [0.25, 0.3) is 0 Å². The molecule has 0 unspecified atom stereocenters. The number of aliphatic imine (C=N–C) groups is 1. The number of rotatable bonds is 5. The van der Waals surface area contributed by atoms with Crippen LogP contribution >= 0.6 is 24.0 Å². The summed E-state index contributed by atoms with van der Waals surface area (Å²) < 4.78 is 19.7. The molecule has 1 N–H and O–H groups in total. The van der Waals surface area contributed by atoms with Crippen molar-refractivity contribution in [2.24, 2.45) is 4.99 Å². The van der Waals surface area contributed by atoms with E-state index in [-0.39, 0.29) is 29.8 Å². The molecule has 5 nitrogen and oxygen atoms in total. The van der Waals surface area contributed by atoms with Gasteiger partial charge < -0.3 is 19.9 Å². The number of hydrogen-bond acceptors (Lipinski definition) is 3. The number of nitrogens with zero attached hydrogens (tertiary/aromatic N) is 3. The molecule has 142 valence electrons. The lowest BCUT2D eigenvalue weighted by atomic mass is 10.1. The van der Waals surface area contributed by atoms with Crippen molar-refractivity contribution in [1.29, 1.82) is 0 Å². The van der Waals surface area contributed by atoms with Crippen LogP contribution in [0, 0.1) is 5.82 Å². The summed E-state index contributed by atoms with van der Waals surface area (Å²) in [5.41, 5.74) is 1.50. The molecule has 0 radical (unpaired) electrons. The Kier molecular flexibility index (Phi) is 9.48. The zero-order chi connectivity index (χ0) is 17.5. The summed E-state index contributed by atoms with van der Waals surface area (Å²) in [6, 6.07) is 5.33. The summed E-state index contributed by atoms with van der Waals surface area (Å²) in [4.78, 5) is 8.36. The van der Waals surface area contributed by atoms with Gasteiger partial charge in [-0.2, -0.15) is 0 Å². The van der Waals surface area contributed by atoms with Crippen LogP contribution in [0.1, 0.15) is 25.3 Å². The molecule has 1 aliphatic heterocycles. The van der Waals surface area contributed by atoms with E-state index >= 15 is 0 Å². The number of benzene rings is 1. The standard InChI is InChI=1S/C18H29FN4O.HI/c1-5-24-15-8-10-23(11-9-15)18(20-2)21-13-14-6-7-17(22(3)4)16(19)12-14;/h6-7,12,15H,5,8-11,13H2,1-4H3,(H,20,21);1H. The van der Waals surface area contributed by atoms with Crippen molar-refractivity contribution in [2.45, 2.75) is 32.4 Å². The van der Waals surface area contributed by atoms with Gasteiger partial charge in [0.25, 0.3) is 0 Å². The first-order valence-corrected chi connectivity index (χ1v) is 8.58. The van der Waals surface area contributed by atoms with Crippen LogP contribution in [0.3, 0.4) is 0 Å². The molecular formula is C18H30FIN4O. The highest BCUT2D eigenvalue weighted by Crippen LogP contribution is 2.18. The van der Waals surface area contributed by atoms with Crippen molar-refractivity contribution >= 4 is 35.6 Å². The molecule has 25 heavy (non-hydrogen) atoms. The Bertz CT molecular complexity index is 560. The highest BCUT2D eigenvalue weighted by molar-refractivity contribution is 14.0. The first kappa shape index (κ1) is 22.0. The molecule has 1 aromatic rings. The average Bonchev–Trinajstić information content (AvgIpc) is 2.57. The number of nitrogens with one attached hydrogen (secondary N) is 1. The highest BCUT2D eigenvalue weighted by Gasteiger charge is 2.21. The minimum atomic E-state index is -0.202. The molecule has 2 rings (SSSR count). The maximum atomic E-state index is 14.1. The minimum Gasteiger partial charge on any atom is -0.378 e. The molecule has 0 atom stereocenters. The SMILES string of the molecule is CCOC1CCN(C(=NC)NCc2ccc(N(C)C)c(F)c2)CC1.I. The molecule has 1 aliphatic rings. The smallest absolute Gasteiger partial charge is 0.193 e. The zero-order valence-electron chi connectivity index (χ0n) is 15.6. The van der Waals surface area contributed by atoms with Crippen molar-refractivity contribution < 1.29 is 9.13 Å². The number of anilines is 1. The van der Waals surface area contributed by atoms with Gasteiger partial charge in [-0.1, -0.05) is 6.07 Å². The van der Waals surface area contributed by atoms with Crippen LogP contribution in [0.4, 0.5) is 10.1 Å². The summed E-state index contributed by atoms with van der Waals surface area (Å²) in [6.45, 7) is 5.22. The van der Waals surface area contributed by atoms with Crippen LogP contribution in [-0.4, -0.2) is 57.8 Å². The highest BCUT2D eigenvalue weighted by atomic mass is 127. The summed E-state index contributed by atoms with van der Waals surface area (Å²) >= 11 is 0. The molecule has 1 heterocycles. The molecule has 0 spiro atoms. The Morgan fingerprint density at radius 1 is 1.36 bits per heavy atom. The third-order valence-electron chi connectivity index (χ3n) is 4.30. The van der Waals surface area contributed by atoms with E-state index in [0.29, 0.717) is 18.3 Å². The van der Waals surface area contributed by atoms with Gasteiger partial charge in [-0.05, 0) is 37.5 Å². The van der Waals surface area contributed by atoms with Gasteiger partial charge in [-0.3, -0.25) is 4.99 Å². The van der Waals surface area contributed by atoms with Gasteiger partial charge in [-0.25, -0.2) is 4.39 Å². The number of piperidine rings is 1. The van der Waals surface area contributed by atoms with E-state index in [1.165, 1.54) is 0 Å². The molecule has 1 fully saturated rings. The van der Waals surface area contributed by atoms with Crippen LogP contribution in [0.15, 0.2) is 23.2 Å². The lowest BCUT2D eigenvalue weighted by molar-refractivity contribution is 0.0263. The lowest BCUT2D eigenvalue weighted by Gasteiger charge is -2.34. The average molecular weight is 464 g/mol. The molecule has 7 heteroatoms. The second-order valence-corrected chi connectivity index (χ2v) is 6.22. The Morgan fingerprint density at radius 3 is 2.56 bits per heavy atom. The van der Waals surface area contributed by atoms with Crippen molar-refractivity contribution in [3.05, 3.63) is 29.6 Å². The normalized spacial score (nSPS) is 15.7. The summed E-state index contributed by atoms with van der Waals surface area (Å²) in [5.74, 6) is 0.661. The van der Waals surface area contributed by atoms with Gasteiger partial charge in [0.2, 0.25) is 0 Å². The second-order valence-electron chi connectivity index (χ2n) is 6.22. The molecule has 0 saturated carbocycles. The largest absolute Gasteiger partial charge is 0.378 e. The third kappa shape index (κ3) is 6.29. The molecule has 0 amide bonds. The van der Waals surface area contributed by atoms with E-state index in [2.05, 4.69) is 15.2 Å². The molecule has 0 bridgehead atoms. The van der Waals surface area contributed by atoms with E-state index < -0.39 is 0 Å². The Labute approximate surface area is 167 Å². The van der Waals surface area contributed by atoms with Crippen molar-refractivity contribution in [3.63, 3.8) is 0 Å². The summed E-state index contributed by atoms with van der Waals surface area (Å²) in [7, 11) is 5.46. The minimum absolute atomic E-state index is 0. The zero-order valence-corrected chi connectivity index (χ0v) is 17.9. The first-order chi connectivity index (χ1) is 11.5. The quantitative estimate of drug-likeness (QED) is 0.413. The van der Waals surface area contributed by atoms with E-state index in [0.717, 1.165) is 44.1 Å². The molecular weight excluding hydrogens is 434 g/mol. The molecule has 0 aliphatic carbocycles. The third-order valence-corrected chi connectivity index (χ3v) is 4.30. The van der Waals surface area contributed by atoms with E-state index in [9.17, 15) is 4.39 Å². The van der Waals surface area contributed by atoms with Crippen molar-refractivity contribution in [1.82, 2.24) is 10.2 Å². The molecule has 0 aromatic heterocycles. The van der Waals surface area contributed by atoms with Crippen LogP contribution in [-0.2, 0) is 11.3 Å². The monoisotopic (exact) mass is 464 g/mol. The van der Waals surface area contributed by atoms with Gasteiger partial charge in [0, 0.05) is 47.4 Å². The fourth-order valence-corrected chi connectivity index (χ4v) is 3.01. The predicted molar refractivity (Wildman–Crippen MR) is 113 cm³/mol. The Morgan fingerprint density at radius 2 is 2.04 bits per heavy atom. The fraction of sp³-hybridized carbons (Fsp3) is 0.611. The summed E-state index contributed by atoms with van der Waals surface area (Å²) in [6.07, 6.45) is 2.39. The predicted octanol–water partition coefficient (Wildman–Crippen LogP) is 3.09. The topological polar surface area (TPSA) is 40.1 Å².